The molecule has 2 unspecified atom stereocenters. The third-order valence-electron chi connectivity index (χ3n) is 6.73. The Morgan fingerprint density at radius 1 is 1.11 bits per heavy atom. The van der Waals surface area contributed by atoms with Gasteiger partial charge in [0.15, 0.2) is 0 Å². The SMILES string of the molecule is CC(=O)N1CC(N(CC(C)C)CC2CCCCC2)CC1C(=O)N1CCNCC1. The van der Waals surface area contributed by atoms with Crippen LogP contribution in [0.5, 0.6) is 0 Å². The second-order valence-corrected chi connectivity index (χ2v) is 9.50. The van der Waals surface area contributed by atoms with Crippen LogP contribution < -0.4 is 5.32 Å². The van der Waals surface area contributed by atoms with Gasteiger partial charge >= 0.3 is 0 Å². The maximum absolute atomic E-state index is 13.2. The lowest BCUT2D eigenvalue weighted by Crippen LogP contribution is -2.53. The van der Waals surface area contributed by atoms with E-state index in [1.54, 1.807) is 6.92 Å². The maximum atomic E-state index is 13.2. The fourth-order valence-electron chi connectivity index (χ4n) is 5.30. The number of likely N-dealkylation sites (tertiary alicyclic amines) is 1. The monoisotopic (exact) mass is 392 g/mol. The van der Waals surface area contributed by atoms with E-state index in [0.29, 0.717) is 18.5 Å². The summed E-state index contributed by atoms with van der Waals surface area (Å²) in [6, 6.07) is 0.0340. The van der Waals surface area contributed by atoms with Gasteiger partial charge in [-0.25, -0.2) is 0 Å². The van der Waals surface area contributed by atoms with Crippen LogP contribution in [0.15, 0.2) is 0 Å². The highest BCUT2D eigenvalue weighted by atomic mass is 16.2. The zero-order chi connectivity index (χ0) is 20.1. The lowest BCUT2D eigenvalue weighted by molar-refractivity contribution is -0.143. The zero-order valence-corrected chi connectivity index (χ0v) is 18.2. The molecule has 2 aliphatic heterocycles. The highest BCUT2D eigenvalue weighted by molar-refractivity contribution is 5.87. The molecule has 3 rings (SSSR count). The van der Waals surface area contributed by atoms with Gasteiger partial charge in [-0.05, 0) is 31.1 Å². The first kappa shape index (κ1) is 21.6. The van der Waals surface area contributed by atoms with E-state index in [1.807, 2.05) is 9.80 Å². The van der Waals surface area contributed by atoms with Crippen molar-refractivity contribution in [3.05, 3.63) is 0 Å². The molecule has 2 atom stereocenters. The number of hydrogen-bond acceptors (Lipinski definition) is 4. The zero-order valence-electron chi connectivity index (χ0n) is 18.2. The molecule has 0 bridgehead atoms. The smallest absolute Gasteiger partial charge is 0.245 e. The summed E-state index contributed by atoms with van der Waals surface area (Å²) in [5.74, 6) is 1.57. The summed E-state index contributed by atoms with van der Waals surface area (Å²) < 4.78 is 0. The minimum atomic E-state index is -0.276. The topological polar surface area (TPSA) is 55.9 Å². The highest BCUT2D eigenvalue weighted by Crippen LogP contribution is 2.29. The van der Waals surface area contributed by atoms with E-state index in [9.17, 15) is 9.59 Å². The van der Waals surface area contributed by atoms with E-state index < -0.39 is 0 Å². The molecule has 2 amide bonds. The number of carbonyl (C=O) groups is 2. The first-order chi connectivity index (χ1) is 13.5. The van der Waals surface area contributed by atoms with E-state index in [4.69, 9.17) is 0 Å². The maximum Gasteiger partial charge on any atom is 0.245 e. The molecule has 1 saturated carbocycles. The Balaban J connectivity index is 1.69. The third kappa shape index (κ3) is 5.47. The highest BCUT2D eigenvalue weighted by Gasteiger charge is 2.42. The Morgan fingerprint density at radius 3 is 2.39 bits per heavy atom. The Bertz CT molecular complexity index is 527. The first-order valence-corrected chi connectivity index (χ1v) is 11.5. The molecule has 2 heterocycles. The van der Waals surface area contributed by atoms with Gasteiger partial charge in [0.25, 0.3) is 0 Å². The molecule has 1 N–H and O–H groups in total. The standard InChI is InChI=1S/C22H40N4O2/c1-17(2)14-25(15-19-7-5-4-6-8-19)20-13-21(26(16-20)18(3)27)22(28)24-11-9-23-10-12-24/h17,19-21,23H,4-16H2,1-3H3. The Labute approximate surface area is 171 Å². The molecule has 2 saturated heterocycles. The van der Waals surface area contributed by atoms with Crippen molar-refractivity contribution >= 4 is 11.8 Å². The van der Waals surface area contributed by atoms with Crippen molar-refractivity contribution in [1.29, 1.82) is 0 Å². The minimum absolute atomic E-state index is 0.0400. The van der Waals surface area contributed by atoms with Crippen molar-refractivity contribution in [1.82, 2.24) is 20.0 Å². The molecule has 160 valence electrons. The molecular weight excluding hydrogens is 352 g/mol. The van der Waals surface area contributed by atoms with Crippen molar-refractivity contribution in [3.8, 4) is 0 Å². The molecule has 0 radical (unpaired) electrons. The van der Waals surface area contributed by atoms with Gasteiger partial charge in [-0.15, -0.1) is 0 Å². The molecule has 0 aromatic rings. The van der Waals surface area contributed by atoms with Crippen LogP contribution in [-0.4, -0.2) is 84.4 Å². The summed E-state index contributed by atoms with van der Waals surface area (Å²) in [4.78, 5) is 31.9. The number of piperazine rings is 1. The lowest BCUT2D eigenvalue weighted by atomic mass is 9.88. The van der Waals surface area contributed by atoms with Gasteiger partial charge in [0, 0.05) is 58.8 Å². The van der Waals surface area contributed by atoms with E-state index in [0.717, 1.165) is 51.6 Å². The second kappa shape index (κ2) is 10.1. The third-order valence-corrected chi connectivity index (χ3v) is 6.73. The number of nitrogens with zero attached hydrogens (tertiary/aromatic N) is 3. The van der Waals surface area contributed by atoms with Gasteiger partial charge in [-0.3, -0.25) is 14.5 Å². The van der Waals surface area contributed by atoms with Crippen LogP contribution in [0.4, 0.5) is 0 Å². The van der Waals surface area contributed by atoms with Gasteiger partial charge in [0.1, 0.15) is 6.04 Å². The van der Waals surface area contributed by atoms with Crippen molar-refractivity contribution in [2.24, 2.45) is 11.8 Å². The van der Waals surface area contributed by atoms with Crippen LogP contribution >= 0.6 is 0 Å². The van der Waals surface area contributed by atoms with Crippen LogP contribution in [0.3, 0.4) is 0 Å². The largest absolute Gasteiger partial charge is 0.338 e. The summed E-state index contributed by atoms with van der Waals surface area (Å²) in [7, 11) is 0. The van der Waals surface area contributed by atoms with Gasteiger partial charge in [0.2, 0.25) is 11.8 Å². The average molecular weight is 393 g/mol. The van der Waals surface area contributed by atoms with Crippen molar-refractivity contribution < 1.29 is 9.59 Å². The lowest BCUT2D eigenvalue weighted by Gasteiger charge is -2.35. The average Bonchev–Trinajstić information content (AvgIpc) is 3.14. The molecule has 0 aromatic carbocycles. The Hall–Kier alpha value is -1.14. The molecule has 28 heavy (non-hydrogen) atoms. The van der Waals surface area contributed by atoms with E-state index in [2.05, 4.69) is 24.1 Å². The molecule has 0 spiro atoms. The van der Waals surface area contributed by atoms with Crippen LogP contribution in [0.25, 0.3) is 0 Å². The van der Waals surface area contributed by atoms with Crippen LogP contribution in [-0.2, 0) is 9.59 Å². The van der Waals surface area contributed by atoms with Gasteiger partial charge in [-0.1, -0.05) is 33.1 Å². The molecule has 3 aliphatic rings. The predicted octanol–water partition coefficient (Wildman–Crippen LogP) is 1.95. The Kier molecular flexibility index (Phi) is 7.75. The quantitative estimate of drug-likeness (QED) is 0.751. The summed E-state index contributed by atoms with van der Waals surface area (Å²) in [6.07, 6.45) is 7.55. The van der Waals surface area contributed by atoms with Gasteiger partial charge < -0.3 is 15.1 Å². The fourth-order valence-corrected chi connectivity index (χ4v) is 5.30. The van der Waals surface area contributed by atoms with Crippen molar-refractivity contribution in [2.75, 3.05) is 45.8 Å². The van der Waals surface area contributed by atoms with E-state index in [-0.39, 0.29) is 17.9 Å². The predicted molar refractivity (Wildman–Crippen MR) is 112 cm³/mol. The number of nitrogens with one attached hydrogen (secondary N) is 1. The molecule has 6 heteroatoms. The van der Waals surface area contributed by atoms with Crippen LogP contribution in [0.1, 0.15) is 59.3 Å². The van der Waals surface area contributed by atoms with Crippen LogP contribution in [0.2, 0.25) is 0 Å². The molecule has 6 nitrogen and oxygen atoms in total. The van der Waals surface area contributed by atoms with Gasteiger partial charge in [0.05, 0.1) is 0 Å². The summed E-state index contributed by atoms with van der Waals surface area (Å²) in [5.41, 5.74) is 0. The number of amides is 2. The fraction of sp³-hybridized carbons (Fsp3) is 0.909. The number of rotatable bonds is 6. The summed E-state index contributed by atoms with van der Waals surface area (Å²) >= 11 is 0. The molecule has 3 fully saturated rings. The first-order valence-electron chi connectivity index (χ1n) is 11.5. The number of carbonyl (C=O) groups excluding carboxylic acids is 2. The second-order valence-electron chi connectivity index (χ2n) is 9.50. The van der Waals surface area contributed by atoms with E-state index in [1.165, 1.54) is 32.1 Å². The summed E-state index contributed by atoms with van der Waals surface area (Å²) in [5, 5.41) is 3.31. The molecule has 0 aromatic heterocycles. The van der Waals surface area contributed by atoms with Crippen molar-refractivity contribution in [2.45, 2.75) is 71.4 Å². The van der Waals surface area contributed by atoms with Gasteiger partial charge in [-0.2, -0.15) is 0 Å². The van der Waals surface area contributed by atoms with Crippen molar-refractivity contribution in [3.63, 3.8) is 0 Å². The summed E-state index contributed by atoms with van der Waals surface area (Å²) in [6.45, 7) is 12.3. The molecule has 1 aliphatic carbocycles. The minimum Gasteiger partial charge on any atom is -0.338 e. The van der Waals surface area contributed by atoms with Crippen LogP contribution in [0, 0.1) is 11.8 Å². The number of hydrogen-bond donors (Lipinski definition) is 1. The van der Waals surface area contributed by atoms with E-state index >= 15 is 0 Å². The normalized spacial score (nSPS) is 27.0. The molecular formula is C22H40N4O2. The Morgan fingerprint density at radius 2 is 1.79 bits per heavy atom.